The van der Waals surface area contributed by atoms with E-state index >= 15 is 0 Å². The van der Waals surface area contributed by atoms with Crippen molar-refractivity contribution in [1.82, 2.24) is 9.47 Å². The topological polar surface area (TPSA) is 77.8 Å². The Morgan fingerprint density at radius 2 is 1.87 bits per heavy atom. The second kappa shape index (κ2) is 10.8. The molecule has 1 aromatic carbocycles. The number of hydrogen-bond acceptors (Lipinski definition) is 5. The molecule has 0 bridgehead atoms. The van der Waals surface area contributed by atoms with Crippen molar-refractivity contribution in [3.63, 3.8) is 0 Å². The van der Waals surface area contributed by atoms with E-state index in [4.69, 9.17) is 9.47 Å². The number of methoxy groups -OCH3 is 1. The molecule has 166 valence electrons. The fourth-order valence-electron chi connectivity index (χ4n) is 3.91. The molecule has 0 fully saturated rings. The maximum absolute atomic E-state index is 12.8. The number of ether oxygens (including phenoxy) is 2. The zero-order chi connectivity index (χ0) is 22.2. The summed E-state index contributed by atoms with van der Waals surface area (Å²) in [4.78, 5) is 39.5. The van der Waals surface area contributed by atoms with E-state index in [1.165, 1.54) is 18.7 Å². The zero-order valence-corrected chi connectivity index (χ0v) is 18.3. The molecule has 0 saturated heterocycles. The Balaban J connectivity index is 1.80. The van der Waals surface area contributed by atoms with E-state index < -0.39 is 5.97 Å². The van der Waals surface area contributed by atoms with Gasteiger partial charge in [-0.05, 0) is 24.8 Å². The van der Waals surface area contributed by atoms with E-state index in [0.717, 1.165) is 19.3 Å². The van der Waals surface area contributed by atoms with Crippen LogP contribution in [0.2, 0.25) is 0 Å². The van der Waals surface area contributed by atoms with Gasteiger partial charge in [0.2, 0.25) is 5.91 Å². The number of benzene rings is 1. The van der Waals surface area contributed by atoms with Crippen LogP contribution in [0.1, 0.15) is 47.8 Å². The van der Waals surface area contributed by atoms with Crippen LogP contribution >= 0.6 is 0 Å². The quantitative estimate of drug-likeness (QED) is 0.479. The largest absolute Gasteiger partial charge is 0.492 e. The Hall–Kier alpha value is -3.09. The number of pyridine rings is 1. The first-order chi connectivity index (χ1) is 15.0. The number of amides is 1. The van der Waals surface area contributed by atoms with Gasteiger partial charge in [0.1, 0.15) is 11.3 Å². The van der Waals surface area contributed by atoms with Crippen LogP contribution in [0.25, 0.3) is 0 Å². The zero-order valence-electron chi connectivity index (χ0n) is 18.3. The van der Waals surface area contributed by atoms with Gasteiger partial charge in [-0.25, -0.2) is 4.79 Å². The van der Waals surface area contributed by atoms with Crippen molar-refractivity contribution >= 4 is 11.9 Å². The second-order valence-electron chi connectivity index (χ2n) is 7.63. The van der Waals surface area contributed by atoms with Crippen LogP contribution in [0.3, 0.4) is 0 Å². The van der Waals surface area contributed by atoms with Crippen molar-refractivity contribution < 1.29 is 19.1 Å². The van der Waals surface area contributed by atoms with E-state index in [0.29, 0.717) is 44.8 Å². The number of carbonyl (C=O) groups is 2. The molecule has 2 aromatic rings. The van der Waals surface area contributed by atoms with Crippen molar-refractivity contribution in [2.75, 3.05) is 26.8 Å². The average molecular weight is 427 g/mol. The first-order valence-corrected chi connectivity index (χ1v) is 10.8. The smallest absolute Gasteiger partial charge is 0.343 e. The summed E-state index contributed by atoms with van der Waals surface area (Å²) >= 11 is 0. The van der Waals surface area contributed by atoms with E-state index in [2.05, 4.69) is 12.1 Å². The fourth-order valence-corrected chi connectivity index (χ4v) is 3.91. The molecule has 1 amide bonds. The molecule has 3 rings (SSSR count). The molecule has 7 nitrogen and oxygen atoms in total. The summed E-state index contributed by atoms with van der Waals surface area (Å²) in [5, 5.41) is 0. The Morgan fingerprint density at radius 3 is 2.58 bits per heavy atom. The van der Waals surface area contributed by atoms with Crippen LogP contribution in [0.4, 0.5) is 0 Å². The molecule has 1 aromatic heterocycles. The van der Waals surface area contributed by atoms with Gasteiger partial charge in [-0.15, -0.1) is 0 Å². The molecule has 1 aliphatic heterocycles. The number of rotatable bonds is 8. The highest BCUT2D eigenvalue weighted by Gasteiger charge is 2.27. The fraction of sp³-hybridized carbons (Fsp3) is 0.458. The standard InChI is InChI=1S/C24H30N2O5/c1-3-8-21(27)25-13-12-19-23(24(29)30-2)20(17-22(28)26(19)15-14-25)31-16-7-11-18-9-5-4-6-10-18/h4-6,9-10,17H,3,7-8,11-16H2,1-2H3. The van der Waals surface area contributed by atoms with Crippen molar-refractivity contribution in [3.05, 3.63) is 63.6 Å². The van der Waals surface area contributed by atoms with Crippen LogP contribution in [-0.2, 0) is 28.9 Å². The Labute approximate surface area is 182 Å². The third-order valence-corrected chi connectivity index (χ3v) is 5.51. The minimum atomic E-state index is -0.532. The number of nitrogens with zero attached hydrogens (tertiary/aromatic N) is 2. The molecule has 7 heteroatoms. The van der Waals surface area contributed by atoms with Crippen LogP contribution in [0.5, 0.6) is 5.75 Å². The van der Waals surface area contributed by atoms with Crippen molar-refractivity contribution in [2.24, 2.45) is 0 Å². The molecular weight excluding hydrogens is 396 g/mol. The molecule has 0 radical (unpaired) electrons. The lowest BCUT2D eigenvalue weighted by molar-refractivity contribution is -0.131. The monoisotopic (exact) mass is 426 g/mol. The van der Waals surface area contributed by atoms with E-state index in [1.54, 1.807) is 9.47 Å². The van der Waals surface area contributed by atoms with Gasteiger partial charge >= 0.3 is 5.97 Å². The van der Waals surface area contributed by atoms with Crippen molar-refractivity contribution in [1.29, 1.82) is 0 Å². The van der Waals surface area contributed by atoms with Gasteiger partial charge < -0.3 is 18.9 Å². The summed E-state index contributed by atoms with van der Waals surface area (Å²) in [6.45, 7) is 3.60. The molecule has 0 aliphatic carbocycles. The minimum absolute atomic E-state index is 0.0698. The highest BCUT2D eigenvalue weighted by Crippen LogP contribution is 2.24. The number of aryl methyl sites for hydroxylation is 1. The maximum atomic E-state index is 12.8. The number of hydrogen-bond donors (Lipinski definition) is 0. The number of esters is 1. The summed E-state index contributed by atoms with van der Waals surface area (Å²) < 4.78 is 12.5. The molecule has 0 atom stereocenters. The number of fused-ring (bicyclic) bond motifs is 1. The van der Waals surface area contributed by atoms with E-state index in [-0.39, 0.29) is 22.8 Å². The molecule has 0 spiro atoms. The SMILES string of the molecule is CCCC(=O)N1CCc2c(C(=O)OC)c(OCCCc3ccccc3)cc(=O)n2CC1. The van der Waals surface area contributed by atoms with Gasteiger partial charge in [0.15, 0.2) is 0 Å². The molecule has 0 unspecified atom stereocenters. The van der Waals surface area contributed by atoms with E-state index in [1.807, 2.05) is 25.1 Å². The number of aromatic nitrogens is 1. The Morgan fingerprint density at radius 1 is 1.10 bits per heavy atom. The van der Waals surface area contributed by atoms with Crippen LogP contribution in [0, 0.1) is 0 Å². The summed E-state index contributed by atoms with van der Waals surface area (Å²) in [6.07, 6.45) is 3.24. The molecule has 0 saturated carbocycles. The maximum Gasteiger partial charge on any atom is 0.343 e. The minimum Gasteiger partial charge on any atom is -0.492 e. The summed E-state index contributed by atoms with van der Waals surface area (Å²) in [5.41, 5.74) is 1.83. The molecule has 1 aliphatic rings. The molecule has 31 heavy (non-hydrogen) atoms. The predicted octanol–water partition coefficient (Wildman–Crippen LogP) is 2.83. The first-order valence-electron chi connectivity index (χ1n) is 10.8. The lowest BCUT2D eigenvalue weighted by atomic mass is 10.1. The van der Waals surface area contributed by atoms with Crippen LogP contribution in [-0.4, -0.2) is 48.1 Å². The van der Waals surface area contributed by atoms with Gasteiger partial charge in [-0.2, -0.15) is 0 Å². The van der Waals surface area contributed by atoms with Crippen molar-refractivity contribution in [2.45, 2.75) is 45.6 Å². The van der Waals surface area contributed by atoms with E-state index in [9.17, 15) is 14.4 Å². The molecule has 0 N–H and O–H groups in total. The Bertz CT molecular complexity index is 968. The van der Waals surface area contributed by atoms with Crippen molar-refractivity contribution in [3.8, 4) is 5.75 Å². The summed E-state index contributed by atoms with van der Waals surface area (Å²) in [6, 6.07) is 11.4. The van der Waals surface area contributed by atoms with Crippen LogP contribution < -0.4 is 10.3 Å². The Kier molecular flexibility index (Phi) is 7.87. The van der Waals surface area contributed by atoms with Gasteiger partial charge in [0.25, 0.3) is 5.56 Å². The molecular formula is C24H30N2O5. The van der Waals surface area contributed by atoms with Gasteiger partial charge in [-0.3, -0.25) is 9.59 Å². The summed E-state index contributed by atoms with van der Waals surface area (Å²) in [7, 11) is 1.32. The summed E-state index contributed by atoms with van der Waals surface area (Å²) in [5.74, 6) is -0.208. The van der Waals surface area contributed by atoms with Crippen LogP contribution in [0.15, 0.2) is 41.2 Å². The predicted molar refractivity (Wildman–Crippen MR) is 117 cm³/mol. The van der Waals surface area contributed by atoms with Gasteiger partial charge in [0.05, 0.1) is 13.7 Å². The average Bonchev–Trinajstić information content (AvgIpc) is 3.01. The normalized spacial score (nSPS) is 13.3. The highest BCUT2D eigenvalue weighted by molar-refractivity contribution is 5.93. The van der Waals surface area contributed by atoms with Gasteiger partial charge in [0, 0.05) is 44.2 Å². The highest BCUT2D eigenvalue weighted by atomic mass is 16.5. The second-order valence-corrected chi connectivity index (χ2v) is 7.63. The van der Waals surface area contributed by atoms with Gasteiger partial charge in [-0.1, -0.05) is 37.3 Å². The third kappa shape index (κ3) is 5.54. The first kappa shape index (κ1) is 22.6. The lowest BCUT2D eigenvalue weighted by Crippen LogP contribution is -2.34. The molecule has 2 heterocycles. The lowest BCUT2D eigenvalue weighted by Gasteiger charge is -2.19. The number of carbonyl (C=O) groups excluding carboxylic acids is 2. The third-order valence-electron chi connectivity index (χ3n) is 5.51.